The lowest BCUT2D eigenvalue weighted by Crippen LogP contribution is -2.44. The van der Waals surface area contributed by atoms with Crippen LogP contribution < -0.4 is 4.90 Å². The number of furan rings is 1. The van der Waals surface area contributed by atoms with Crippen LogP contribution in [0.5, 0.6) is 0 Å². The van der Waals surface area contributed by atoms with Crippen molar-refractivity contribution in [2.75, 3.05) is 18.0 Å². The molecule has 7 nitrogen and oxygen atoms in total. The summed E-state index contributed by atoms with van der Waals surface area (Å²) in [6.45, 7) is 2.77. The van der Waals surface area contributed by atoms with Gasteiger partial charge in [0.15, 0.2) is 5.13 Å². The molecule has 3 heterocycles. The van der Waals surface area contributed by atoms with Gasteiger partial charge in [-0.1, -0.05) is 24.3 Å². The molecule has 1 amide bonds. The van der Waals surface area contributed by atoms with Crippen LogP contribution in [0, 0.1) is 11.7 Å². The van der Waals surface area contributed by atoms with E-state index in [1.165, 1.54) is 33.3 Å². The van der Waals surface area contributed by atoms with Gasteiger partial charge in [-0.2, -0.15) is 4.31 Å². The number of hydrogen-bond donors (Lipinski definition) is 0. The Hall–Kier alpha value is -3.08. The highest BCUT2D eigenvalue weighted by Gasteiger charge is 2.35. The minimum Gasteiger partial charge on any atom is -0.467 e. The lowest BCUT2D eigenvalue weighted by molar-refractivity contribution is -0.123. The number of fused-ring (bicyclic) bond motifs is 1. The summed E-state index contributed by atoms with van der Waals surface area (Å²) in [5.74, 6) is -0.290. The van der Waals surface area contributed by atoms with Crippen LogP contribution in [0.2, 0.25) is 0 Å². The van der Waals surface area contributed by atoms with Crippen LogP contribution in [-0.4, -0.2) is 36.7 Å². The topological polar surface area (TPSA) is 83.7 Å². The van der Waals surface area contributed by atoms with E-state index < -0.39 is 15.8 Å². The number of amides is 1. The summed E-state index contributed by atoms with van der Waals surface area (Å²) in [7, 11) is -3.75. The number of nitrogens with zero attached hydrogens (tertiary/aromatic N) is 3. The minimum atomic E-state index is -3.75. The molecule has 0 unspecified atom stereocenters. The molecule has 0 N–H and O–H groups in total. The molecular weight excluding hydrogens is 501 g/mol. The van der Waals surface area contributed by atoms with Crippen LogP contribution in [0.1, 0.15) is 31.1 Å². The molecule has 10 heteroatoms. The molecule has 0 radical (unpaired) electrons. The van der Waals surface area contributed by atoms with Gasteiger partial charge in [-0.05, 0) is 73.4 Å². The summed E-state index contributed by atoms with van der Waals surface area (Å²) in [6.07, 6.45) is 3.26. The Morgan fingerprint density at radius 1 is 1.17 bits per heavy atom. The number of rotatable bonds is 7. The molecule has 0 spiro atoms. The van der Waals surface area contributed by atoms with Crippen molar-refractivity contribution in [3.63, 3.8) is 0 Å². The number of aromatic nitrogens is 1. The van der Waals surface area contributed by atoms with E-state index in [9.17, 15) is 17.6 Å². The average molecular weight is 528 g/mol. The summed E-state index contributed by atoms with van der Waals surface area (Å²) in [5.41, 5.74) is 2.04. The molecule has 2 aromatic carbocycles. The van der Waals surface area contributed by atoms with Crippen LogP contribution in [0.4, 0.5) is 9.52 Å². The number of aryl methyl sites for hydroxylation is 1. The van der Waals surface area contributed by atoms with Crippen molar-refractivity contribution in [2.45, 2.75) is 37.6 Å². The fourth-order valence-corrected chi connectivity index (χ4v) is 6.91. The smallest absolute Gasteiger partial charge is 0.243 e. The van der Waals surface area contributed by atoms with E-state index in [1.807, 2.05) is 18.2 Å². The number of benzene rings is 2. The monoisotopic (exact) mass is 527 g/mol. The Labute approximate surface area is 213 Å². The number of anilines is 1. The molecule has 0 atom stereocenters. The van der Waals surface area contributed by atoms with Crippen molar-refractivity contribution in [1.82, 2.24) is 9.29 Å². The number of halogens is 1. The third kappa shape index (κ3) is 4.93. The minimum absolute atomic E-state index is 0.0500. The van der Waals surface area contributed by atoms with Crippen molar-refractivity contribution in [2.24, 2.45) is 5.92 Å². The quantitative estimate of drug-likeness (QED) is 0.329. The summed E-state index contributed by atoms with van der Waals surface area (Å²) in [5, 5.41) is 0.598. The Bertz CT molecular complexity index is 1460. The molecule has 1 aliphatic rings. The lowest BCUT2D eigenvalue weighted by Gasteiger charge is -2.32. The molecule has 1 fully saturated rings. The van der Waals surface area contributed by atoms with Gasteiger partial charge in [0.25, 0.3) is 0 Å². The number of carbonyl (C=O) groups is 1. The van der Waals surface area contributed by atoms with E-state index in [0.29, 0.717) is 23.7 Å². The zero-order valence-corrected chi connectivity index (χ0v) is 21.4. The predicted octanol–water partition coefficient (Wildman–Crippen LogP) is 5.22. The SMILES string of the molecule is CCc1ccc2nc(N(Cc3ccco3)C(=O)C3CCN(S(=O)(=O)c4ccc(F)cc4)CC3)sc2c1. The fraction of sp³-hybridized carbons (Fsp3) is 0.308. The van der Waals surface area contributed by atoms with Crippen molar-refractivity contribution < 1.29 is 22.0 Å². The van der Waals surface area contributed by atoms with Gasteiger partial charge < -0.3 is 4.42 Å². The molecule has 36 heavy (non-hydrogen) atoms. The first kappa shape index (κ1) is 24.6. The van der Waals surface area contributed by atoms with Crippen molar-refractivity contribution in [1.29, 1.82) is 0 Å². The second-order valence-electron chi connectivity index (χ2n) is 8.79. The van der Waals surface area contributed by atoms with E-state index in [-0.39, 0.29) is 36.4 Å². The maximum atomic E-state index is 13.7. The van der Waals surface area contributed by atoms with Crippen LogP contribution in [0.25, 0.3) is 10.2 Å². The Kier molecular flexibility index (Phi) is 6.92. The molecule has 5 rings (SSSR count). The molecule has 2 aromatic heterocycles. The molecule has 188 valence electrons. The van der Waals surface area contributed by atoms with Crippen LogP contribution in [0.15, 0.2) is 70.2 Å². The number of piperidine rings is 1. The normalized spacial score (nSPS) is 15.4. The fourth-order valence-electron chi connectivity index (χ4n) is 4.41. The van der Waals surface area contributed by atoms with Gasteiger partial charge in [0.05, 0.1) is 27.9 Å². The molecule has 4 aromatic rings. The van der Waals surface area contributed by atoms with Crippen LogP contribution >= 0.6 is 11.3 Å². The zero-order chi connectivity index (χ0) is 25.3. The van der Waals surface area contributed by atoms with Crippen molar-refractivity contribution in [3.8, 4) is 0 Å². The van der Waals surface area contributed by atoms with Gasteiger partial charge in [0, 0.05) is 19.0 Å². The second-order valence-corrected chi connectivity index (χ2v) is 11.7. The van der Waals surface area contributed by atoms with E-state index in [2.05, 4.69) is 13.0 Å². The Balaban J connectivity index is 1.36. The Morgan fingerprint density at radius 3 is 2.58 bits per heavy atom. The first-order valence-corrected chi connectivity index (χ1v) is 14.1. The van der Waals surface area contributed by atoms with E-state index in [0.717, 1.165) is 28.8 Å². The molecule has 1 saturated heterocycles. The maximum Gasteiger partial charge on any atom is 0.243 e. The number of hydrogen-bond acceptors (Lipinski definition) is 6. The summed E-state index contributed by atoms with van der Waals surface area (Å²) < 4.78 is 47.1. The summed E-state index contributed by atoms with van der Waals surface area (Å²) >= 11 is 1.47. The number of sulfonamides is 1. The predicted molar refractivity (Wildman–Crippen MR) is 137 cm³/mol. The highest BCUT2D eigenvalue weighted by Crippen LogP contribution is 2.33. The van der Waals surface area contributed by atoms with Gasteiger partial charge >= 0.3 is 0 Å². The molecule has 0 aliphatic carbocycles. The maximum absolute atomic E-state index is 13.7. The Morgan fingerprint density at radius 2 is 1.92 bits per heavy atom. The molecule has 0 bridgehead atoms. The van der Waals surface area contributed by atoms with Crippen LogP contribution in [-0.2, 0) is 27.8 Å². The van der Waals surface area contributed by atoms with Crippen molar-refractivity contribution >= 4 is 42.6 Å². The third-order valence-electron chi connectivity index (χ3n) is 6.50. The van der Waals surface area contributed by atoms with Gasteiger partial charge in [-0.3, -0.25) is 9.69 Å². The van der Waals surface area contributed by atoms with E-state index in [4.69, 9.17) is 9.40 Å². The number of thiazole rings is 1. The van der Waals surface area contributed by atoms with Gasteiger partial charge in [0.2, 0.25) is 15.9 Å². The summed E-state index contributed by atoms with van der Waals surface area (Å²) in [6, 6.07) is 14.5. The zero-order valence-electron chi connectivity index (χ0n) is 19.8. The lowest BCUT2D eigenvalue weighted by atomic mass is 9.96. The first-order valence-electron chi connectivity index (χ1n) is 11.8. The molecule has 0 saturated carbocycles. The summed E-state index contributed by atoms with van der Waals surface area (Å²) in [4.78, 5) is 20.2. The largest absolute Gasteiger partial charge is 0.467 e. The highest BCUT2D eigenvalue weighted by molar-refractivity contribution is 7.89. The standard InChI is InChI=1S/C26H26FN3O4S2/c1-2-18-5-10-23-24(16-18)35-26(28-23)30(17-21-4-3-15-34-21)25(31)19-11-13-29(14-12-19)36(32,33)22-8-6-20(27)7-9-22/h3-10,15-16,19H,2,11-14,17H2,1H3. The van der Waals surface area contributed by atoms with Gasteiger partial charge in [-0.25, -0.2) is 17.8 Å². The average Bonchev–Trinajstić information content (AvgIpc) is 3.56. The number of carbonyl (C=O) groups excluding carboxylic acids is 1. The molecular formula is C26H26FN3O4S2. The second kappa shape index (κ2) is 10.1. The van der Waals surface area contributed by atoms with Crippen molar-refractivity contribution in [3.05, 3.63) is 78.0 Å². The van der Waals surface area contributed by atoms with Gasteiger partial charge in [0.1, 0.15) is 11.6 Å². The first-order chi connectivity index (χ1) is 17.3. The van der Waals surface area contributed by atoms with Gasteiger partial charge in [-0.15, -0.1) is 0 Å². The molecule has 1 aliphatic heterocycles. The van der Waals surface area contributed by atoms with Crippen LogP contribution in [0.3, 0.4) is 0 Å². The van der Waals surface area contributed by atoms with E-state index in [1.54, 1.807) is 17.2 Å². The highest BCUT2D eigenvalue weighted by atomic mass is 32.2. The third-order valence-corrected chi connectivity index (χ3v) is 9.45. The van der Waals surface area contributed by atoms with E-state index >= 15 is 0 Å².